The maximum Gasteiger partial charge on any atom is 0.358 e. The molecule has 1 aliphatic rings. The number of carbonyl (C=O) groups is 2. The van der Waals surface area contributed by atoms with Gasteiger partial charge >= 0.3 is 11.9 Å². The molecule has 0 spiro atoms. The van der Waals surface area contributed by atoms with E-state index in [1.54, 1.807) is 0 Å². The van der Waals surface area contributed by atoms with Crippen molar-refractivity contribution < 1.29 is 27.9 Å². The first-order valence-corrected chi connectivity index (χ1v) is 6.89. The molecule has 0 aromatic heterocycles. The molecule has 2 rings (SSSR count). The normalized spacial score (nSPS) is 16.2. The van der Waals surface area contributed by atoms with Crippen molar-refractivity contribution in [1.82, 2.24) is 0 Å². The van der Waals surface area contributed by atoms with E-state index in [2.05, 4.69) is 4.40 Å². The number of benzene rings is 1. The Bertz CT molecular complexity index is 765. The van der Waals surface area contributed by atoms with Crippen molar-refractivity contribution in [3.8, 4) is 5.75 Å². The molecule has 0 bridgehead atoms. The molecule has 0 aliphatic carbocycles. The fourth-order valence-electron chi connectivity index (χ4n) is 1.42. The lowest BCUT2D eigenvalue weighted by Gasteiger charge is -2.05. The highest BCUT2D eigenvalue weighted by Crippen LogP contribution is 2.24. The number of carboxylic acids is 1. The Morgan fingerprint density at radius 3 is 2.60 bits per heavy atom. The predicted molar refractivity (Wildman–Crippen MR) is 69.2 cm³/mol. The SMILES string of the molecule is O=C(O)C1=C(C(=O)Oc2cccc(Cl)c2)S(=O)(=O)N=C1. The molecule has 0 amide bonds. The van der Waals surface area contributed by atoms with Gasteiger partial charge in [-0.25, -0.2) is 9.59 Å². The molecule has 1 heterocycles. The third kappa shape index (κ3) is 2.70. The number of hydrogen-bond acceptors (Lipinski definition) is 5. The highest BCUT2D eigenvalue weighted by atomic mass is 35.5. The fraction of sp³-hybridized carbons (Fsp3) is 0. The second-order valence-electron chi connectivity index (χ2n) is 3.60. The van der Waals surface area contributed by atoms with E-state index < -0.39 is 32.4 Å². The quantitative estimate of drug-likeness (QED) is 0.658. The molecule has 0 saturated carbocycles. The molecule has 9 heteroatoms. The first kappa shape index (κ1) is 14.2. The number of aliphatic carboxylic acids is 1. The minimum Gasteiger partial charge on any atom is -0.478 e. The van der Waals surface area contributed by atoms with Gasteiger partial charge in [0.25, 0.3) is 10.0 Å². The average molecular weight is 316 g/mol. The average Bonchev–Trinajstić information content (AvgIpc) is 2.65. The summed E-state index contributed by atoms with van der Waals surface area (Å²) in [5, 5.41) is 9.10. The van der Waals surface area contributed by atoms with E-state index >= 15 is 0 Å². The summed E-state index contributed by atoms with van der Waals surface area (Å²) in [5.74, 6) is -2.93. The summed E-state index contributed by atoms with van der Waals surface area (Å²) in [7, 11) is -4.35. The first-order chi connectivity index (χ1) is 9.31. The third-order valence-electron chi connectivity index (χ3n) is 2.25. The van der Waals surface area contributed by atoms with Gasteiger partial charge in [-0.05, 0) is 18.2 Å². The van der Waals surface area contributed by atoms with Gasteiger partial charge in [-0.2, -0.15) is 12.8 Å². The summed E-state index contributed by atoms with van der Waals surface area (Å²) >= 11 is 5.68. The van der Waals surface area contributed by atoms with Gasteiger partial charge in [0.05, 0.1) is 6.21 Å². The third-order valence-corrected chi connectivity index (χ3v) is 3.77. The smallest absolute Gasteiger partial charge is 0.358 e. The monoisotopic (exact) mass is 315 g/mol. The van der Waals surface area contributed by atoms with Crippen molar-refractivity contribution in [1.29, 1.82) is 0 Å². The van der Waals surface area contributed by atoms with Crippen molar-refractivity contribution in [3.63, 3.8) is 0 Å². The largest absolute Gasteiger partial charge is 0.478 e. The van der Waals surface area contributed by atoms with Crippen molar-refractivity contribution in [2.45, 2.75) is 0 Å². The van der Waals surface area contributed by atoms with E-state index in [0.717, 1.165) is 0 Å². The van der Waals surface area contributed by atoms with Crippen LogP contribution in [0.25, 0.3) is 0 Å². The Balaban J connectivity index is 2.38. The number of carbonyl (C=O) groups excluding carboxylic acids is 1. The van der Waals surface area contributed by atoms with Crippen LogP contribution in [0.3, 0.4) is 0 Å². The van der Waals surface area contributed by atoms with Crippen LogP contribution in [0.5, 0.6) is 5.75 Å². The van der Waals surface area contributed by atoms with Gasteiger partial charge in [0.2, 0.25) is 0 Å². The van der Waals surface area contributed by atoms with E-state index in [4.69, 9.17) is 21.4 Å². The Kier molecular flexibility index (Phi) is 3.60. The second-order valence-corrected chi connectivity index (χ2v) is 5.61. The number of carboxylic acid groups (broad SMARTS) is 1. The van der Waals surface area contributed by atoms with Crippen LogP contribution < -0.4 is 4.74 Å². The van der Waals surface area contributed by atoms with Crippen LogP contribution in [0.4, 0.5) is 0 Å². The van der Waals surface area contributed by atoms with Gasteiger partial charge in [-0.1, -0.05) is 17.7 Å². The number of sulfonamides is 1. The zero-order chi connectivity index (χ0) is 14.9. The highest BCUT2D eigenvalue weighted by Gasteiger charge is 2.36. The maximum absolute atomic E-state index is 11.8. The topological polar surface area (TPSA) is 110 Å². The van der Waals surface area contributed by atoms with Crippen molar-refractivity contribution >= 4 is 39.8 Å². The molecule has 7 nitrogen and oxygen atoms in total. The second kappa shape index (κ2) is 5.06. The van der Waals surface area contributed by atoms with E-state index in [9.17, 15) is 18.0 Å². The number of hydrogen-bond donors (Lipinski definition) is 1. The summed E-state index contributed by atoms with van der Waals surface area (Å²) in [6, 6.07) is 5.66. The van der Waals surface area contributed by atoms with Gasteiger partial charge in [-0.15, -0.1) is 0 Å². The molecule has 1 N–H and O–H groups in total. The minimum atomic E-state index is -4.35. The van der Waals surface area contributed by atoms with Crippen LogP contribution in [0, 0.1) is 0 Å². The predicted octanol–water partition coefficient (Wildman–Crippen LogP) is 0.998. The Hall–Kier alpha value is -2.19. The van der Waals surface area contributed by atoms with Crippen LogP contribution in [-0.4, -0.2) is 31.7 Å². The van der Waals surface area contributed by atoms with Crippen LogP contribution in [0.2, 0.25) is 5.02 Å². The summed E-state index contributed by atoms with van der Waals surface area (Å²) in [6.07, 6.45) is 0.590. The molecule has 1 aliphatic heterocycles. The summed E-state index contributed by atoms with van der Waals surface area (Å²) in [5.41, 5.74) is -0.739. The van der Waals surface area contributed by atoms with Gasteiger partial charge < -0.3 is 9.84 Å². The molecule has 0 fully saturated rings. The lowest BCUT2D eigenvalue weighted by atomic mass is 10.2. The molecule has 1 aromatic carbocycles. The Labute approximate surface area is 118 Å². The molecule has 0 unspecified atom stereocenters. The van der Waals surface area contributed by atoms with Crippen molar-refractivity contribution in [2.75, 3.05) is 0 Å². The van der Waals surface area contributed by atoms with Gasteiger partial charge in [0, 0.05) is 5.02 Å². The van der Waals surface area contributed by atoms with Crippen LogP contribution in [0.15, 0.2) is 39.1 Å². The molecule has 0 radical (unpaired) electrons. The molecule has 1 aromatic rings. The summed E-state index contributed by atoms with van der Waals surface area (Å²) in [4.78, 5) is 21.7. The first-order valence-electron chi connectivity index (χ1n) is 5.07. The molecule has 0 saturated heterocycles. The zero-order valence-corrected chi connectivity index (χ0v) is 11.2. The summed E-state index contributed by atoms with van der Waals surface area (Å²) < 4.78 is 30.8. The number of rotatable bonds is 3. The lowest BCUT2D eigenvalue weighted by Crippen LogP contribution is -2.19. The van der Waals surface area contributed by atoms with E-state index in [1.165, 1.54) is 24.3 Å². The van der Waals surface area contributed by atoms with Gasteiger partial charge in [0.15, 0.2) is 4.91 Å². The fourth-order valence-corrected chi connectivity index (χ4v) is 2.62. The highest BCUT2D eigenvalue weighted by molar-refractivity contribution is 7.95. The zero-order valence-electron chi connectivity index (χ0n) is 9.61. The molecule has 104 valence electrons. The molecule has 0 atom stereocenters. The Morgan fingerprint density at radius 2 is 2.00 bits per heavy atom. The van der Waals surface area contributed by atoms with Crippen LogP contribution >= 0.6 is 11.6 Å². The van der Waals surface area contributed by atoms with Crippen LogP contribution in [-0.2, 0) is 19.6 Å². The molecular formula is C11H6ClNO6S. The van der Waals surface area contributed by atoms with Gasteiger partial charge in [-0.3, -0.25) is 0 Å². The number of esters is 1. The van der Waals surface area contributed by atoms with E-state index in [-0.39, 0.29) is 10.8 Å². The maximum atomic E-state index is 11.8. The Morgan fingerprint density at radius 1 is 1.30 bits per heavy atom. The molecular weight excluding hydrogens is 310 g/mol. The van der Waals surface area contributed by atoms with Gasteiger partial charge in [0.1, 0.15) is 11.3 Å². The van der Waals surface area contributed by atoms with E-state index in [1.807, 2.05) is 0 Å². The lowest BCUT2D eigenvalue weighted by molar-refractivity contribution is -0.133. The standard InChI is InChI=1S/C11H6ClNO6S/c12-6-2-1-3-7(4-6)19-11(16)9-8(10(14)15)5-13-20(9,17)18/h1-5H,(H,14,15). The number of ether oxygens (including phenoxy) is 1. The number of nitrogens with zero attached hydrogens (tertiary/aromatic N) is 1. The van der Waals surface area contributed by atoms with E-state index in [0.29, 0.717) is 6.21 Å². The number of halogens is 1. The van der Waals surface area contributed by atoms with Crippen LogP contribution in [0.1, 0.15) is 0 Å². The van der Waals surface area contributed by atoms with Crippen molar-refractivity contribution in [3.05, 3.63) is 39.8 Å². The molecule has 20 heavy (non-hydrogen) atoms. The van der Waals surface area contributed by atoms with Crippen molar-refractivity contribution in [2.24, 2.45) is 4.40 Å². The minimum absolute atomic E-state index is 0.0122. The summed E-state index contributed by atoms with van der Waals surface area (Å²) in [6.45, 7) is 0.